The summed E-state index contributed by atoms with van der Waals surface area (Å²) in [6.45, 7) is 0. The van der Waals surface area contributed by atoms with Crippen LogP contribution in [0.3, 0.4) is 0 Å². The molecule has 34 heavy (non-hydrogen) atoms. The van der Waals surface area contributed by atoms with E-state index in [0.717, 1.165) is 33.9 Å². The Balaban J connectivity index is 1.51. The van der Waals surface area contributed by atoms with Gasteiger partial charge in [-0.2, -0.15) is 0 Å². The molecule has 2 nitrogen and oxygen atoms in total. The molecule has 3 aromatic carbocycles. The van der Waals surface area contributed by atoms with Gasteiger partial charge in [0.1, 0.15) is 0 Å². The van der Waals surface area contributed by atoms with Crippen LogP contribution in [-0.2, 0) is 8.98 Å². The maximum Gasteiger partial charge on any atom is 0.323 e. The Hall–Kier alpha value is -1.94. The number of hydrogen-bond acceptors (Lipinski definition) is 2. The first-order valence-corrected chi connectivity index (χ1v) is 14.4. The summed E-state index contributed by atoms with van der Waals surface area (Å²) in [4.78, 5) is 17.2. The van der Waals surface area contributed by atoms with E-state index in [1.165, 1.54) is 19.3 Å². The van der Waals surface area contributed by atoms with Gasteiger partial charge in [-0.25, -0.2) is 0 Å². The number of benzene rings is 3. The highest BCUT2D eigenvalue weighted by molar-refractivity contribution is 8.30. The van der Waals surface area contributed by atoms with Crippen molar-refractivity contribution in [3.8, 4) is 0 Å². The Bertz CT molecular complexity index is 1110. The van der Waals surface area contributed by atoms with Crippen LogP contribution in [0.4, 0.5) is 0 Å². The number of hydrogen-bond donors (Lipinski definition) is 0. The SMILES string of the molecule is O=C(OS(c1ccccc1)(c1ccc(Cl)cc1)c1ccc(Cl)cc1)C12CC3CC(CC(C3)C1)C2. The van der Waals surface area contributed by atoms with Crippen molar-refractivity contribution in [1.82, 2.24) is 0 Å². The molecule has 3 aromatic rings. The Kier molecular flexibility index (Phi) is 5.71. The average molecular weight is 512 g/mol. The molecule has 4 aliphatic carbocycles. The summed E-state index contributed by atoms with van der Waals surface area (Å²) in [5.74, 6) is 2.00. The van der Waals surface area contributed by atoms with Gasteiger partial charge in [0.25, 0.3) is 0 Å². The second kappa shape index (κ2) is 8.62. The molecular formula is C29H28Cl2O2S. The zero-order valence-corrected chi connectivity index (χ0v) is 21.3. The summed E-state index contributed by atoms with van der Waals surface area (Å²) in [7, 11) is -2.33. The smallest absolute Gasteiger partial charge is 0.323 e. The fourth-order valence-corrected chi connectivity index (χ4v) is 10.3. The van der Waals surface area contributed by atoms with E-state index in [2.05, 4.69) is 12.1 Å². The first-order chi connectivity index (χ1) is 16.5. The fourth-order valence-electron chi connectivity index (χ4n) is 6.98. The Morgan fingerprint density at radius 3 is 1.53 bits per heavy atom. The molecule has 0 atom stereocenters. The highest BCUT2D eigenvalue weighted by Gasteiger charge is 2.57. The van der Waals surface area contributed by atoms with Gasteiger partial charge in [-0.3, -0.25) is 4.79 Å². The zero-order chi connectivity index (χ0) is 23.3. The fraction of sp³-hybridized carbons (Fsp3) is 0.345. The van der Waals surface area contributed by atoms with Crippen LogP contribution < -0.4 is 0 Å². The van der Waals surface area contributed by atoms with Gasteiger partial charge in [0.15, 0.2) is 0 Å². The summed E-state index contributed by atoms with van der Waals surface area (Å²) in [6, 6.07) is 25.7. The van der Waals surface area contributed by atoms with Gasteiger partial charge in [-0.15, -0.1) is 0 Å². The molecule has 0 saturated heterocycles. The monoisotopic (exact) mass is 510 g/mol. The van der Waals surface area contributed by atoms with E-state index in [4.69, 9.17) is 27.4 Å². The Labute approximate surface area is 213 Å². The summed E-state index contributed by atoms with van der Waals surface area (Å²) in [6.07, 6.45) is 6.79. The van der Waals surface area contributed by atoms with Crippen LogP contribution in [0, 0.1) is 23.2 Å². The molecule has 0 spiro atoms. The van der Waals surface area contributed by atoms with E-state index in [1.54, 1.807) is 0 Å². The van der Waals surface area contributed by atoms with Gasteiger partial charge in [-0.1, -0.05) is 41.4 Å². The van der Waals surface area contributed by atoms with Gasteiger partial charge < -0.3 is 4.18 Å². The molecule has 4 bridgehead atoms. The molecule has 4 aliphatic rings. The van der Waals surface area contributed by atoms with Crippen molar-refractivity contribution in [1.29, 1.82) is 0 Å². The molecule has 0 heterocycles. The second-order valence-electron chi connectivity index (χ2n) is 10.3. The van der Waals surface area contributed by atoms with Crippen molar-refractivity contribution >= 4 is 39.5 Å². The molecule has 0 aliphatic heterocycles. The zero-order valence-electron chi connectivity index (χ0n) is 19.0. The van der Waals surface area contributed by atoms with Crippen LogP contribution in [0.15, 0.2) is 93.5 Å². The molecule has 0 unspecified atom stereocenters. The molecule has 0 aromatic heterocycles. The highest BCUT2D eigenvalue weighted by Crippen LogP contribution is 2.71. The average Bonchev–Trinajstić information content (AvgIpc) is 2.83. The van der Waals surface area contributed by atoms with Gasteiger partial charge in [0.05, 0.1) is 5.41 Å². The molecule has 0 radical (unpaired) electrons. The van der Waals surface area contributed by atoms with E-state index in [-0.39, 0.29) is 11.4 Å². The first kappa shape index (κ1) is 22.5. The molecule has 5 heteroatoms. The molecule has 0 amide bonds. The second-order valence-corrected chi connectivity index (χ2v) is 13.9. The van der Waals surface area contributed by atoms with Gasteiger partial charge in [-0.05, 0) is 127 Å². The standard InChI is InChI=1S/C29H28Cl2O2S/c30-23-6-10-26(11-7-23)34(25-4-2-1-3-5-25,27-12-8-24(31)9-13-27)33-28(32)29-17-20-14-21(18-29)16-22(15-20)19-29/h1-13,20-22H,14-19H2. The first-order valence-electron chi connectivity index (χ1n) is 12.1. The number of carbonyl (C=O) groups is 1. The van der Waals surface area contributed by atoms with Crippen LogP contribution in [0.25, 0.3) is 0 Å². The van der Waals surface area contributed by atoms with Crippen molar-refractivity contribution in [2.75, 3.05) is 0 Å². The summed E-state index contributed by atoms with van der Waals surface area (Å²) in [5, 5.41) is 1.32. The minimum Gasteiger partial charge on any atom is -0.402 e. The van der Waals surface area contributed by atoms with Crippen molar-refractivity contribution in [2.24, 2.45) is 23.2 Å². The maximum absolute atomic E-state index is 14.3. The maximum atomic E-state index is 14.3. The predicted octanol–water partition coefficient (Wildman–Crippen LogP) is 8.95. The van der Waals surface area contributed by atoms with E-state index < -0.39 is 10.3 Å². The molecule has 176 valence electrons. The van der Waals surface area contributed by atoms with Crippen molar-refractivity contribution < 1.29 is 8.98 Å². The lowest BCUT2D eigenvalue weighted by atomic mass is 9.49. The van der Waals surface area contributed by atoms with Gasteiger partial charge >= 0.3 is 5.97 Å². The molecule has 0 N–H and O–H groups in total. The Morgan fingerprint density at radius 2 is 1.09 bits per heavy atom. The lowest BCUT2D eigenvalue weighted by molar-refractivity contribution is -0.160. The summed E-state index contributed by atoms with van der Waals surface area (Å²) in [5.41, 5.74) is -0.347. The molecule has 4 fully saturated rings. The minimum absolute atomic E-state index is 0.0182. The molecular weight excluding hydrogens is 483 g/mol. The lowest BCUT2D eigenvalue weighted by Crippen LogP contribution is -2.50. The van der Waals surface area contributed by atoms with Crippen LogP contribution in [0.5, 0.6) is 0 Å². The van der Waals surface area contributed by atoms with E-state index in [1.807, 2.05) is 66.7 Å². The number of carbonyl (C=O) groups excluding carboxylic acids is 1. The third-order valence-electron chi connectivity index (χ3n) is 8.04. The van der Waals surface area contributed by atoms with Crippen molar-refractivity contribution in [3.63, 3.8) is 0 Å². The van der Waals surface area contributed by atoms with Gasteiger partial charge in [0, 0.05) is 24.7 Å². The predicted molar refractivity (Wildman–Crippen MR) is 138 cm³/mol. The van der Waals surface area contributed by atoms with E-state index >= 15 is 0 Å². The topological polar surface area (TPSA) is 26.3 Å². The molecule has 7 rings (SSSR count). The lowest BCUT2D eigenvalue weighted by Gasteiger charge is -2.56. The van der Waals surface area contributed by atoms with Crippen LogP contribution in [-0.4, -0.2) is 5.97 Å². The highest BCUT2D eigenvalue weighted by atomic mass is 35.5. The third-order valence-corrected chi connectivity index (χ3v) is 11.8. The number of rotatable bonds is 5. The van der Waals surface area contributed by atoms with E-state index in [0.29, 0.717) is 27.8 Å². The van der Waals surface area contributed by atoms with Gasteiger partial charge in [0.2, 0.25) is 0 Å². The minimum atomic E-state index is -2.33. The van der Waals surface area contributed by atoms with Crippen LogP contribution >= 0.6 is 33.5 Å². The summed E-state index contributed by atoms with van der Waals surface area (Å²) < 4.78 is 6.92. The third kappa shape index (κ3) is 3.77. The normalized spacial score (nSPS) is 28.0. The Morgan fingerprint density at radius 1 is 0.676 bits per heavy atom. The number of halogens is 2. The largest absolute Gasteiger partial charge is 0.402 e. The van der Waals surface area contributed by atoms with Crippen molar-refractivity contribution in [3.05, 3.63) is 88.9 Å². The molecule has 4 saturated carbocycles. The quantitative estimate of drug-likeness (QED) is 0.342. The van der Waals surface area contributed by atoms with Crippen LogP contribution in [0.1, 0.15) is 38.5 Å². The summed E-state index contributed by atoms with van der Waals surface area (Å²) >= 11 is 12.6. The van der Waals surface area contributed by atoms with Crippen LogP contribution in [0.2, 0.25) is 10.0 Å². The van der Waals surface area contributed by atoms with E-state index in [9.17, 15) is 4.79 Å². The van der Waals surface area contributed by atoms with Crippen molar-refractivity contribution in [2.45, 2.75) is 53.2 Å².